The number of anilines is 2. The third-order valence-electron chi connectivity index (χ3n) is 3.02. The van der Waals surface area contributed by atoms with Gasteiger partial charge >= 0.3 is 5.97 Å². The topological polar surface area (TPSA) is 113 Å². The molecule has 1 aliphatic rings. The molecule has 20 heavy (non-hydrogen) atoms. The van der Waals surface area contributed by atoms with Crippen molar-refractivity contribution in [2.75, 3.05) is 16.3 Å². The summed E-state index contributed by atoms with van der Waals surface area (Å²) in [5, 5.41) is 11.5. The summed E-state index contributed by atoms with van der Waals surface area (Å²) in [6.45, 7) is 0. The molecule has 0 bridgehead atoms. The molecule has 1 aliphatic carbocycles. The molecule has 1 saturated carbocycles. The van der Waals surface area contributed by atoms with Crippen LogP contribution in [-0.4, -0.2) is 31.7 Å². The van der Waals surface area contributed by atoms with E-state index in [-0.39, 0.29) is 0 Å². The number of benzene rings is 1. The van der Waals surface area contributed by atoms with Gasteiger partial charge in [0.2, 0.25) is 15.9 Å². The molecule has 2 rings (SSSR count). The predicted octanol–water partition coefficient (Wildman–Crippen LogP) is 0.861. The van der Waals surface area contributed by atoms with E-state index in [2.05, 4.69) is 10.0 Å². The van der Waals surface area contributed by atoms with Crippen LogP contribution in [0.1, 0.15) is 12.8 Å². The lowest BCUT2D eigenvalue weighted by Gasteiger charge is -2.12. The van der Waals surface area contributed by atoms with Crippen LogP contribution in [0.3, 0.4) is 0 Å². The summed E-state index contributed by atoms with van der Waals surface area (Å²) >= 11 is 0. The van der Waals surface area contributed by atoms with Gasteiger partial charge < -0.3 is 10.4 Å². The fraction of sp³-hybridized carbons (Fsp3) is 0.333. The fourth-order valence-electron chi connectivity index (χ4n) is 1.79. The van der Waals surface area contributed by atoms with Crippen LogP contribution in [0.25, 0.3) is 0 Å². The molecule has 0 spiro atoms. The van der Waals surface area contributed by atoms with Crippen molar-refractivity contribution >= 4 is 33.3 Å². The number of rotatable bonds is 5. The molecule has 0 unspecified atom stereocenters. The van der Waals surface area contributed by atoms with E-state index >= 15 is 0 Å². The summed E-state index contributed by atoms with van der Waals surface area (Å²) in [4.78, 5) is 22.9. The number of aliphatic carboxylic acids is 1. The lowest BCUT2D eigenvalue weighted by atomic mass is 10.1. The summed E-state index contributed by atoms with van der Waals surface area (Å²) in [7, 11) is -3.41. The van der Waals surface area contributed by atoms with Gasteiger partial charge in [-0.25, -0.2) is 8.42 Å². The maximum atomic E-state index is 11.9. The Morgan fingerprint density at radius 3 is 2.35 bits per heavy atom. The van der Waals surface area contributed by atoms with Crippen molar-refractivity contribution in [3.63, 3.8) is 0 Å². The molecule has 1 aromatic carbocycles. The minimum atomic E-state index is -3.41. The van der Waals surface area contributed by atoms with Gasteiger partial charge in [0.05, 0.1) is 11.9 Å². The monoisotopic (exact) mass is 298 g/mol. The Morgan fingerprint density at radius 2 is 1.85 bits per heavy atom. The number of carbonyl (C=O) groups excluding carboxylic acids is 1. The summed E-state index contributed by atoms with van der Waals surface area (Å²) in [5.41, 5.74) is -0.693. The van der Waals surface area contributed by atoms with Gasteiger partial charge in [0, 0.05) is 5.69 Å². The standard InChI is InChI=1S/C12H14N2O5S/c1-20(18,19)14-9-4-2-3-8(7-9)13-10(15)12(5-6-12)11(16)17/h2-4,7,14H,5-6H2,1H3,(H,13,15)(H,16,17). The molecule has 0 radical (unpaired) electrons. The number of carboxylic acids is 1. The van der Waals surface area contributed by atoms with E-state index in [4.69, 9.17) is 5.11 Å². The first-order valence-electron chi connectivity index (χ1n) is 5.86. The van der Waals surface area contributed by atoms with E-state index in [1.807, 2.05) is 0 Å². The Balaban J connectivity index is 2.13. The van der Waals surface area contributed by atoms with Gasteiger partial charge in [-0.3, -0.25) is 14.3 Å². The first-order chi connectivity index (χ1) is 9.23. The highest BCUT2D eigenvalue weighted by Gasteiger charge is 2.57. The Labute approximate surface area is 116 Å². The van der Waals surface area contributed by atoms with Gasteiger partial charge in [-0.2, -0.15) is 0 Å². The summed E-state index contributed by atoms with van der Waals surface area (Å²) < 4.78 is 24.5. The average molecular weight is 298 g/mol. The molecule has 0 heterocycles. The molecule has 1 amide bonds. The van der Waals surface area contributed by atoms with Crippen molar-refractivity contribution in [2.45, 2.75) is 12.8 Å². The third-order valence-corrected chi connectivity index (χ3v) is 3.62. The van der Waals surface area contributed by atoms with Crippen molar-refractivity contribution in [3.8, 4) is 0 Å². The molecular formula is C12H14N2O5S. The highest BCUT2D eigenvalue weighted by atomic mass is 32.2. The van der Waals surface area contributed by atoms with Crippen LogP contribution in [0, 0.1) is 5.41 Å². The first-order valence-corrected chi connectivity index (χ1v) is 7.75. The van der Waals surface area contributed by atoms with E-state index in [0.717, 1.165) is 6.26 Å². The summed E-state index contributed by atoms with van der Waals surface area (Å²) in [5.74, 6) is -1.72. The second kappa shape index (κ2) is 4.78. The van der Waals surface area contributed by atoms with Crippen LogP contribution >= 0.6 is 0 Å². The van der Waals surface area contributed by atoms with E-state index in [9.17, 15) is 18.0 Å². The van der Waals surface area contributed by atoms with E-state index < -0.39 is 27.3 Å². The Kier molecular flexibility index (Phi) is 3.43. The lowest BCUT2D eigenvalue weighted by Crippen LogP contribution is -2.31. The molecule has 1 fully saturated rings. The smallest absolute Gasteiger partial charge is 0.319 e. The first kappa shape index (κ1) is 14.3. The predicted molar refractivity (Wildman–Crippen MR) is 72.8 cm³/mol. The lowest BCUT2D eigenvalue weighted by molar-refractivity contribution is -0.147. The maximum absolute atomic E-state index is 11.9. The molecule has 1 aromatic rings. The van der Waals surface area contributed by atoms with Gasteiger partial charge in [0.25, 0.3) is 0 Å². The molecule has 0 atom stereocenters. The Hall–Kier alpha value is -2.09. The highest BCUT2D eigenvalue weighted by molar-refractivity contribution is 7.92. The molecule has 0 saturated heterocycles. The SMILES string of the molecule is CS(=O)(=O)Nc1cccc(NC(=O)C2(C(=O)O)CC2)c1. The molecular weight excluding hydrogens is 284 g/mol. The Morgan fingerprint density at radius 1 is 1.25 bits per heavy atom. The van der Waals surface area contributed by atoms with Gasteiger partial charge in [-0.05, 0) is 31.0 Å². The number of hydrogen-bond acceptors (Lipinski definition) is 4. The van der Waals surface area contributed by atoms with Gasteiger partial charge in [-0.15, -0.1) is 0 Å². The molecule has 7 nitrogen and oxygen atoms in total. The van der Waals surface area contributed by atoms with Crippen LogP contribution in [-0.2, 0) is 19.6 Å². The van der Waals surface area contributed by atoms with Crippen molar-refractivity contribution in [1.82, 2.24) is 0 Å². The van der Waals surface area contributed by atoms with Gasteiger partial charge in [0.15, 0.2) is 0 Å². The number of hydrogen-bond donors (Lipinski definition) is 3. The number of carbonyl (C=O) groups is 2. The number of sulfonamides is 1. The zero-order chi connectivity index (χ0) is 15.0. The van der Waals surface area contributed by atoms with Gasteiger partial charge in [-0.1, -0.05) is 6.07 Å². The minimum Gasteiger partial charge on any atom is -0.480 e. The van der Waals surface area contributed by atoms with Crippen molar-refractivity contribution in [3.05, 3.63) is 24.3 Å². The second-order valence-corrected chi connectivity index (χ2v) is 6.54. The van der Waals surface area contributed by atoms with Crippen molar-refractivity contribution in [1.29, 1.82) is 0 Å². The van der Waals surface area contributed by atoms with Crippen LogP contribution in [0.5, 0.6) is 0 Å². The Bertz CT molecular complexity index is 664. The summed E-state index contributed by atoms with van der Waals surface area (Å²) in [6, 6.07) is 6.07. The van der Waals surface area contributed by atoms with E-state index in [1.165, 1.54) is 12.1 Å². The van der Waals surface area contributed by atoms with E-state index in [1.54, 1.807) is 12.1 Å². The van der Waals surface area contributed by atoms with E-state index in [0.29, 0.717) is 24.2 Å². The zero-order valence-electron chi connectivity index (χ0n) is 10.7. The second-order valence-electron chi connectivity index (χ2n) is 4.80. The largest absolute Gasteiger partial charge is 0.480 e. The minimum absolute atomic E-state index is 0.297. The third kappa shape index (κ3) is 3.08. The molecule has 0 aromatic heterocycles. The number of carboxylic acid groups (broad SMARTS) is 1. The van der Waals surface area contributed by atoms with Crippen molar-refractivity contribution < 1.29 is 23.1 Å². The highest BCUT2D eigenvalue weighted by Crippen LogP contribution is 2.46. The molecule has 8 heteroatoms. The fourth-order valence-corrected chi connectivity index (χ4v) is 2.34. The number of nitrogens with one attached hydrogen (secondary N) is 2. The molecule has 0 aliphatic heterocycles. The molecule has 108 valence electrons. The van der Waals surface area contributed by atoms with Crippen LogP contribution < -0.4 is 10.0 Å². The maximum Gasteiger partial charge on any atom is 0.319 e. The zero-order valence-corrected chi connectivity index (χ0v) is 11.5. The normalized spacial score (nSPS) is 16.2. The van der Waals surface area contributed by atoms with Gasteiger partial charge in [0.1, 0.15) is 5.41 Å². The average Bonchev–Trinajstić information content (AvgIpc) is 3.07. The van der Waals surface area contributed by atoms with Crippen LogP contribution in [0.2, 0.25) is 0 Å². The molecule has 3 N–H and O–H groups in total. The van der Waals surface area contributed by atoms with Crippen molar-refractivity contribution in [2.24, 2.45) is 5.41 Å². The number of amides is 1. The van der Waals surface area contributed by atoms with Crippen LogP contribution in [0.4, 0.5) is 11.4 Å². The van der Waals surface area contributed by atoms with Crippen LogP contribution in [0.15, 0.2) is 24.3 Å². The summed E-state index contributed by atoms with van der Waals surface area (Å²) in [6.07, 6.45) is 1.65. The quantitative estimate of drug-likeness (QED) is 0.698.